The van der Waals surface area contributed by atoms with Crippen LogP contribution in [0.4, 0.5) is 14.5 Å². The smallest absolute Gasteiger partial charge is 0.339 e. The van der Waals surface area contributed by atoms with E-state index in [4.69, 9.17) is 4.74 Å². The lowest BCUT2D eigenvalue weighted by Gasteiger charge is -2.09. The number of carbonyl (C=O) groups is 2. The fraction of sp³-hybridized carbons (Fsp3) is 0.130. The largest absolute Gasteiger partial charge is 0.452 e. The predicted molar refractivity (Wildman–Crippen MR) is 114 cm³/mol. The lowest BCUT2D eigenvalue weighted by Crippen LogP contribution is -2.21. The standard InChI is InChI=1S/C23H18F2N4O3/c1-2-29-22-17(12-26-29)16(11-20(28-22)14-6-4-3-5-7-14)23(31)32-13-21(30)27-15-8-9-18(24)19(25)10-15/h3-12H,2,13H2,1H3,(H,27,30). The van der Waals surface area contributed by atoms with Crippen LogP contribution in [0.3, 0.4) is 0 Å². The second-order valence-corrected chi connectivity index (χ2v) is 6.87. The fourth-order valence-corrected chi connectivity index (χ4v) is 3.18. The van der Waals surface area contributed by atoms with Crippen LogP contribution in [-0.2, 0) is 16.1 Å². The first-order valence-corrected chi connectivity index (χ1v) is 9.80. The van der Waals surface area contributed by atoms with Gasteiger partial charge in [0.05, 0.1) is 22.8 Å². The minimum atomic E-state index is -1.10. The number of anilines is 1. The van der Waals surface area contributed by atoms with E-state index in [0.29, 0.717) is 23.3 Å². The summed E-state index contributed by atoms with van der Waals surface area (Å²) in [5.74, 6) is -3.55. The summed E-state index contributed by atoms with van der Waals surface area (Å²) >= 11 is 0. The first-order chi connectivity index (χ1) is 15.5. The average molecular weight is 436 g/mol. The highest BCUT2D eigenvalue weighted by atomic mass is 19.2. The highest BCUT2D eigenvalue weighted by Gasteiger charge is 2.19. The van der Waals surface area contributed by atoms with Crippen molar-refractivity contribution in [2.75, 3.05) is 11.9 Å². The molecule has 32 heavy (non-hydrogen) atoms. The van der Waals surface area contributed by atoms with Gasteiger partial charge in [0.15, 0.2) is 23.9 Å². The molecule has 2 aromatic carbocycles. The number of rotatable bonds is 6. The molecule has 4 rings (SSSR count). The monoisotopic (exact) mass is 436 g/mol. The van der Waals surface area contributed by atoms with Gasteiger partial charge >= 0.3 is 5.97 Å². The van der Waals surface area contributed by atoms with Gasteiger partial charge in [0.25, 0.3) is 5.91 Å². The van der Waals surface area contributed by atoms with E-state index in [0.717, 1.165) is 17.7 Å². The number of fused-ring (bicyclic) bond motifs is 1. The second-order valence-electron chi connectivity index (χ2n) is 6.87. The Morgan fingerprint density at radius 1 is 1.06 bits per heavy atom. The van der Waals surface area contributed by atoms with Crippen molar-refractivity contribution >= 4 is 28.6 Å². The van der Waals surface area contributed by atoms with Crippen molar-refractivity contribution in [1.29, 1.82) is 0 Å². The third-order valence-electron chi connectivity index (χ3n) is 4.74. The van der Waals surface area contributed by atoms with Crippen LogP contribution >= 0.6 is 0 Å². The van der Waals surface area contributed by atoms with Gasteiger partial charge in [-0.15, -0.1) is 0 Å². The normalized spacial score (nSPS) is 10.8. The van der Waals surface area contributed by atoms with Crippen molar-refractivity contribution in [2.45, 2.75) is 13.5 Å². The summed E-state index contributed by atoms with van der Waals surface area (Å²) in [7, 11) is 0. The minimum absolute atomic E-state index is 0.0480. The van der Waals surface area contributed by atoms with Gasteiger partial charge in [-0.3, -0.25) is 4.79 Å². The summed E-state index contributed by atoms with van der Waals surface area (Å²) in [6, 6.07) is 13.9. The van der Waals surface area contributed by atoms with Crippen LogP contribution in [0.2, 0.25) is 0 Å². The molecule has 0 aliphatic carbocycles. The van der Waals surface area contributed by atoms with Crippen LogP contribution in [0.5, 0.6) is 0 Å². The Bertz CT molecular complexity index is 1310. The van der Waals surface area contributed by atoms with Crippen LogP contribution < -0.4 is 5.32 Å². The second kappa shape index (κ2) is 8.93. The number of ether oxygens (including phenoxy) is 1. The molecule has 4 aromatic rings. The van der Waals surface area contributed by atoms with Crippen molar-refractivity contribution in [3.05, 3.63) is 78.0 Å². The molecule has 0 saturated carbocycles. The fourth-order valence-electron chi connectivity index (χ4n) is 3.18. The van der Waals surface area contributed by atoms with Crippen molar-refractivity contribution < 1.29 is 23.1 Å². The number of pyridine rings is 1. The quantitative estimate of drug-likeness (QED) is 0.458. The number of carbonyl (C=O) groups excluding carboxylic acids is 2. The van der Waals surface area contributed by atoms with E-state index in [1.165, 1.54) is 12.3 Å². The minimum Gasteiger partial charge on any atom is -0.452 e. The molecular weight excluding hydrogens is 418 g/mol. The van der Waals surface area contributed by atoms with E-state index in [2.05, 4.69) is 15.4 Å². The number of amides is 1. The van der Waals surface area contributed by atoms with Crippen LogP contribution in [0.25, 0.3) is 22.3 Å². The Balaban J connectivity index is 1.56. The summed E-state index contributed by atoms with van der Waals surface area (Å²) in [5, 5.41) is 7.11. The maximum absolute atomic E-state index is 13.3. The molecule has 0 aliphatic rings. The van der Waals surface area contributed by atoms with Crippen molar-refractivity contribution in [3.8, 4) is 11.3 Å². The zero-order valence-corrected chi connectivity index (χ0v) is 17.0. The molecule has 2 heterocycles. The molecule has 0 unspecified atom stereocenters. The van der Waals surface area contributed by atoms with E-state index in [9.17, 15) is 18.4 Å². The lowest BCUT2D eigenvalue weighted by atomic mass is 10.1. The average Bonchev–Trinajstić information content (AvgIpc) is 3.23. The molecule has 0 aliphatic heterocycles. The number of hydrogen-bond donors (Lipinski definition) is 1. The van der Waals surface area contributed by atoms with Crippen LogP contribution in [-0.4, -0.2) is 33.2 Å². The zero-order chi connectivity index (χ0) is 22.7. The molecular formula is C23H18F2N4O3. The lowest BCUT2D eigenvalue weighted by molar-refractivity contribution is -0.119. The third kappa shape index (κ3) is 4.31. The topological polar surface area (TPSA) is 86.1 Å². The maximum atomic E-state index is 13.3. The van der Waals surface area contributed by atoms with Gasteiger partial charge in [0.2, 0.25) is 0 Å². The molecule has 0 bridgehead atoms. The van der Waals surface area contributed by atoms with Gasteiger partial charge in [-0.1, -0.05) is 30.3 Å². The number of hydrogen-bond acceptors (Lipinski definition) is 5. The number of benzene rings is 2. The Kier molecular flexibility index (Phi) is 5.89. The van der Waals surface area contributed by atoms with Crippen LogP contribution in [0.1, 0.15) is 17.3 Å². The highest BCUT2D eigenvalue weighted by molar-refractivity contribution is 6.04. The van der Waals surface area contributed by atoms with E-state index in [1.54, 1.807) is 10.7 Å². The molecule has 2 aromatic heterocycles. The first-order valence-electron chi connectivity index (χ1n) is 9.80. The van der Waals surface area contributed by atoms with Crippen LogP contribution in [0, 0.1) is 11.6 Å². The van der Waals surface area contributed by atoms with Gasteiger partial charge in [0.1, 0.15) is 0 Å². The number of nitrogens with one attached hydrogen (secondary N) is 1. The highest BCUT2D eigenvalue weighted by Crippen LogP contribution is 2.25. The Morgan fingerprint density at radius 2 is 1.84 bits per heavy atom. The molecule has 1 N–H and O–H groups in total. The molecule has 0 spiro atoms. The van der Waals surface area contributed by atoms with Gasteiger partial charge in [0, 0.05) is 23.9 Å². The Hall–Kier alpha value is -4.14. The summed E-state index contributed by atoms with van der Waals surface area (Å²) in [6.45, 7) is 1.86. The third-order valence-corrected chi connectivity index (χ3v) is 4.74. The first kappa shape index (κ1) is 21.1. The molecule has 0 atom stereocenters. The summed E-state index contributed by atoms with van der Waals surface area (Å²) in [6.07, 6.45) is 1.53. The Labute approximate surface area is 181 Å². The number of esters is 1. The molecule has 0 fully saturated rings. The van der Waals surface area contributed by atoms with Gasteiger partial charge in [-0.05, 0) is 25.1 Å². The summed E-state index contributed by atoms with van der Waals surface area (Å²) in [4.78, 5) is 29.6. The number of aromatic nitrogens is 3. The van der Waals surface area contributed by atoms with E-state index in [-0.39, 0.29) is 11.3 Å². The Morgan fingerprint density at radius 3 is 2.56 bits per heavy atom. The summed E-state index contributed by atoms with van der Waals surface area (Å²) < 4.78 is 33.2. The number of aryl methyl sites for hydroxylation is 1. The zero-order valence-electron chi connectivity index (χ0n) is 17.0. The van der Waals surface area contributed by atoms with Gasteiger partial charge in [-0.25, -0.2) is 23.2 Å². The predicted octanol–water partition coefficient (Wildman–Crippen LogP) is 4.19. The number of halogens is 2. The van der Waals surface area contributed by atoms with Crippen molar-refractivity contribution in [2.24, 2.45) is 0 Å². The molecule has 0 saturated heterocycles. The summed E-state index contributed by atoms with van der Waals surface area (Å²) in [5.41, 5.74) is 2.16. The molecule has 1 amide bonds. The molecule has 0 radical (unpaired) electrons. The van der Waals surface area contributed by atoms with E-state index < -0.39 is 30.1 Å². The molecule has 162 valence electrons. The van der Waals surface area contributed by atoms with Crippen molar-refractivity contribution in [3.63, 3.8) is 0 Å². The van der Waals surface area contributed by atoms with E-state index >= 15 is 0 Å². The SMILES string of the molecule is CCn1ncc2c(C(=O)OCC(=O)Nc3ccc(F)c(F)c3)cc(-c3ccccc3)nc21. The van der Waals surface area contributed by atoms with Gasteiger partial charge in [-0.2, -0.15) is 5.10 Å². The van der Waals surface area contributed by atoms with Crippen LogP contribution in [0.15, 0.2) is 60.8 Å². The molecule has 7 nitrogen and oxygen atoms in total. The molecule has 9 heteroatoms. The number of nitrogens with zero attached hydrogens (tertiary/aromatic N) is 3. The van der Waals surface area contributed by atoms with Gasteiger partial charge < -0.3 is 10.1 Å². The van der Waals surface area contributed by atoms with Crippen molar-refractivity contribution in [1.82, 2.24) is 14.8 Å². The van der Waals surface area contributed by atoms with E-state index in [1.807, 2.05) is 37.3 Å². The maximum Gasteiger partial charge on any atom is 0.339 e.